The number of rotatable bonds is 8. The van der Waals surface area contributed by atoms with Gasteiger partial charge < -0.3 is 9.14 Å². The maximum Gasteiger partial charge on any atom is 0.314 e. The molecule has 0 bridgehead atoms. The monoisotopic (exact) mass is 427 g/mol. The van der Waals surface area contributed by atoms with E-state index < -0.39 is 16.9 Å². The summed E-state index contributed by atoms with van der Waals surface area (Å²) in [4.78, 5) is 17.6. The number of fused-ring (bicyclic) bond motifs is 1. The minimum absolute atomic E-state index is 0.297. The summed E-state index contributed by atoms with van der Waals surface area (Å²) in [5.74, 6) is -0.776. The molecular formula is C23H29N3O3S. The van der Waals surface area contributed by atoms with Crippen LogP contribution in [0.1, 0.15) is 45.2 Å². The van der Waals surface area contributed by atoms with Crippen LogP contribution in [0.4, 0.5) is 0 Å². The number of esters is 1. The van der Waals surface area contributed by atoms with Crippen molar-refractivity contribution in [1.29, 1.82) is 0 Å². The molecule has 2 heterocycles. The van der Waals surface area contributed by atoms with E-state index in [1.165, 1.54) is 7.11 Å². The molecule has 0 aliphatic heterocycles. The van der Waals surface area contributed by atoms with Crippen LogP contribution in [0.15, 0.2) is 54.7 Å². The molecule has 6 nitrogen and oxygen atoms in total. The normalized spacial score (nSPS) is 13.9. The average molecular weight is 428 g/mol. The maximum absolute atomic E-state index is 12.8. The van der Waals surface area contributed by atoms with E-state index >= 15 is 0 Å². The standard InChI is InChI=1S/C23H29N3O3S/c1-23(2,3)30(28)24-15-10-13-18(22(27)29-4)21-20(17-11-6-5-7-12-17)25-19-14-8-9-16-26(19)21/h5-9,11-12,14,16,18,24H,10,13,15H2,1-4H3. The lowest BCUT2D eigenvalue weighted by molar-refractivity contribution is -0.142. The molecule has 0 saturated heterocycles. The van der Waals surface area contributed by atoms with Gasteiger partial charge in [0.1, 0.15) is 5.65 Å². The van der Waals surface area contributed by atoms with Crippen LogP contribution >= 0.6 is 0 Å². The molecule has 0 spiro atoms. The van der Waals surface area contributed by atoms with Gasteiger partial charge in [0.25, 0.3) is 0 Å². The van der Waals surface area contributed by atoms with Gasteiger partial charge in [-0.15, -0.1) is 0 Å². The third-order valence-corrected chi connectivity index (χ3v) is 6.47. The number of nitrogens with zero attached hydrogens (tertiary/aromatic N) is 2. The number of pyridine rings is 1. The second-order valence-corrected chi connectivity index (χ2v) is 10.2. The van der Waals surface area contributed by atoms with Crippen molar-refractivity contribution >= 4 is 22.6 Å². The predicted molar refractivity (Wildman–Crippen MR) is 121 cm³/mol. The van der Waals surface area contributed by atoms with Gasteiger partial charge in [0.15, 0.2) is 0 Å². The minimum Gasteiger partial charge on any atom is -0.469 e. The van der Waals surface area contributed by atoms with E-state index in [-0.39, 0.29) is 10.7 Å². The number of hydrogen-bond donors (Lipinski definition) is 1. The van der Waals surface area contributed by atoms with E-state index in [2.05, 4.69) is 4.72 Å². The molecule has 3 aromatic rings. The molecule has 0 fully saturated rings. The molecule has 2 unspecified atom stereocenters. The molecule has 0 radical (unpaired) electrons. The Bertz CT molecular complexity index is 1030. The summed E-state index contributed by atoms with van der Waals surface area (Å²) in [5.41, 5.74) is 3.34. The Labute approximate surface area is 180 Å². The first-order chi connectivity index (χ1) is 14.3. The highest BCUT2D eigenvalue weighted by Gasteiger charge is 2.29. The summed E-state index contributed by atoms with van der Waals surface area (Å²) in [6, 6.07) is 15.6. The fraction of sp³-hybridized carbons (Fsp3) is 0.391. The van der Waals surface area contributed by atoms with Crippen molar-refractivity contribution in [2.24, 2.45) is 0 Å². The van der Waals surface area contributed by atoms with Crippen molar-refractivity contribution < 1.29 is 13.7 Å². The molecular weight excluding hydrogens is 398 g/mol. The number of imidazole rings is 1. The minimum atomic E-state index is -1.14. The van der Waals surface area contributed by atoms with Gasteiger partial charge >= 0.3 is 5.97 Å². The summed E-state index contributed by atoms with van der Waals surface area (Å²) < 4.78 is 22.1. The number of ether oxygens (including phenoxy) is 1. The molecule has 0 saturated carbocycles. The number of aromatic nitrogens is 2. The zero-order valence-electron chi connectivity index (χ0n) is 17.9. The molecule has 30 heavy (non-hydrogen) atoms. The number of nitrogens with one attached hydrogen (secondary N) is 1. The molecule has 7 heteroatoms. The van der Waals surface area contributed by atoms with Crippen molar-refractivity contribution in [2.75, 3.05) is 13.7 Å². The first-order valence-corrected chi connectivity index (χ1v) is 11.2. The van der Waals surface area contributed by atoms with Gasteiger partial charge in [-0.2, -0.15) is 0 Å². The summed E-state index contributed by atoms with van der Waals surface area (Å²) in [6.07, 6.45) is 3.16. The van der Waals surface area contributed by atoms with Gasteiger partial charge in [-0.25, -0.2) is 13.9 Å². The summed E-state index contributed by atoms with van der Waals surface area (Å²) in [6.45, 7) is 6.34. The molecule has 0 amide bonds. The quantitative estimate of drug-likeness (QED) is 0.434. The SMILES string of the molecule is COC(=O)C(CCCNS(=O)C(C)(C)C)c1c(-c2ccccc2)nc2ccccn12. The lowest BCUT2D eigenvalue weighted by Crippen LogP contribution is -2.34. The van der Waals surface area contributed by atoms with E-state index in [1.54, 1.807) is 0 Å². The van der Waals surface area contributed by atoms with Gasteiger partial charge in [0.05, 0.1) is 40.1 Å². The van der Waals surface area contributed by atoms with Crippen molar-refractivity contribution in [1.82, 2.24) is 14.1 Å². The van der Waals surface area contributed by atoms with Crippen LogP contribution in [-0.4, -0.2) is 38.0 Å². The van der Waals surface area contributed by atoms with Crippen molar-refractivity contribution in [3.63, 3.8) is 0 Å². The number of methoxy groups -OCH3 is 1. The van der Waals surface area contributed by atoms with Crippen LogP contribution in [0.2, 0.25) is 0 Å². The Balaban J connectivity index is 1.92. The summed E-state index contributed by atoms with van der Waals surface area (Å²) >= 11 is 0. The number of hydrogen-bond acceptors (Lipinski definition) is 4. The van der Waals surface area contributed by atoms with Gasteiger partial charge in [-0.1, -0.05) is 36.4 Å². The smallest absolute Gasteiger partial charge is 0.314 e. The largest absolute Gasteiger partial charge is 0.469 e. The highest BCUT2D eigenvalue weighted by atomic mass is 32.2. The topological polar surface area (TPSA) is 72.7 Å². The number of carbonyl (C=O) groups excluding carboxylic acids is 1. The fourth-order valence-electron chi connectivity index (χ4n) is 3.35. The lowest BCUT2D eigenvalue weighted by Gasteiger charge is -2.19. The lowest BCUT2D eigenvalue weighted by atomic mass is 9.95. The van der Waals surface area contributed by atoms with Crippen molar-refractivity contribution in [3.8, 4) is 11.3 Å². The van der Waals surface area contributed by atoms with Crippen molar-refractivity contribution in [2.45, 2.75) is 44.3 Å². The molecule has 1 N–H and O–H groups in total. The Morgan fingerprint density at radius 1 is 1.17 bits per heavy atom. The van der Waals surface area contributed by atoms with E-state index in [9.17, 15) is 9.00 Å². The maximum atomic E-state index is 12.8. The van der Waals surface area contributed by atoms with Crippen LogP contribution in [-0.2, 0) is 20.5 Å². The zero-order chi connectivity index (χ0) is 21.7. The summed E-state index contributed by atoms with van der Waals surface area (Å²) in [5, 5.41) is 0. The Hall–Kier alpha value is -2.51. The molecule has 0 aliphatic carbocycles. The van der Waals surface area contributed by atoms with Crippen LogP contribution in [0.3, 0.4) is 0 Å². The highest BCUT2D eigenvalue weighted by molar-refractivity contribution is 7.84. The molecule has 3 rings (SSSR count). The zero-order valence-corrected chi connectivity index (χ0v) is 18.7. The number of benzene rings is 1. The van der Waals surface area contributed by atoms with Gasteiger partial charge in [-0.3, -0.25) is 4.79 Å². The van der Waals surface area contributed by atoms with Crippen LogP contribution in [0, 0.1) is 0 Å². The highest BCUT2D eigenvalue weighted by Crippen LogP contribution is 2.33. The average Bonchev–Trinajstić information content (AvgIpc) is 3.12. The van der Waals surface area contributed by atoms with Crippen LogP contribution in [0.25, 0.3) is 16.9 Å². The second-order valence-electron chi connectivity index (χ2n) is 8.13. The van der Waals surface area contributed by atoms with Gasteiger partial charge in [0, 0.05) is 18.3 Å². The van der Waals surface area contributed by atoms with Gasteiger partial charge in [-0.05, 0) is 45.7 Å². The first kappa shape index (κ1) is 22.2. The summed E-state index contributed by atoms with van der Waals surface area (Å²) in [7, 11) is 0.269. The fourth-order valence-corrected chi connectivity index (χ4v) is 4.11. The molecule has 160 valence electrons. The Kier molecular flexibility index (Phi) is 7.05. The van der Waals surface area contributed by atoms with Crippen LogP contribution < -0.4 is 4.72 Å². The van der Waals surface area contributed by atoms with Crippen LogP contribution in [0.5, 0.6) is 0 Å². The first-order valence-electron chi connectivity index (χ1n) is 10.1. The van der Waals surface area contributed by atoms with Crippen molar-refractivity contribution in [3.05, 3.63) is 60.4 Å². The molecule has 2 atom stereocenters. The third-order valence-electron chi connectivity index (χ3n) is 4.89. The molecule has 1 aromatic carbocycles. The van der Waals surface area contributed by atoms with Gasteiger partial charge in [0.2, 0.25) is 0 Å². The molecule has 2 aromatic heterocycles. The van der Waals surface area contributed by atoms with E-state index in [1.807, 2.05) is 79.9 Å². The van der Waals surface area contributed by atoms with E-state index in [0.29, 0.717) is 19.4 Å². The second kappa shape index (κ2) is 9.53. The van der Waals surface area contributed by atoms with E-state index in [4.69, 9.17) is 9.72 Å². The Morgan fingerprint density at radius 2 is 1.87 bits per heavy atom. The third kappa shape index (κ3) is 4.96. The molecule has 0 aliphatic rings. The Morgan fingerprint density at radius 3 is 2.53 bits per heavy atom. The van der Waals surface area contributed by atoms with E-state index in [0.717, 1.165) is 22.6 Å². The number of carbonyl (C=O) groups is 1. The predicted octanol–water partition coefficient (Wildman–Crippen LogP) is 4.09.